The maximum Gasteiger partial charge on any atom is 0.500 e. The van der Waals surface area contributed by atoms with Gasteiger partial charge in [0.15, 0.2) is 0 Å². The molecular formula is C14H29NO7Si. The van der Waals surface area contributed by atoms with E-state index >= 15 is 0 Å². The van der Waals surface area contributed by atoms with Crippen LogP contribution >= 0.6 is 0 Å². The van der Waals surface area contributed by atoms with Gasteiger partial charge in [-0.3, -0.25) is 9.59 Å². The normalized spacial score (nSPS) is 13.8. The number of hydrogen-bond acceptors (Lipinski definition) is 6. The van der Waals surface area contributed by atoms with Crippen LogP contribution in [0.2, 0.25) is 6.04 Å². The van der Waals surface area contributed by atoms with Crippen molar-refractivity contribution >= 4 is 20.7 Å². The smallest absolute Gasteiger partial charge is 0.481 e. The molecule has 0 aromatic carbocycles. The molecule has 0 aliphatic rings. The number of carboxylic acid groups (broad SMARTS) is 2. The van der Waals surface area contributed by atoms with Gasteiger partial charge < -0.3 is 28.8 Å². The van der Waals surface area contributed by atoms with Gasteiger partial charge in [0.1, 0.15) is 6.04 Å². The topological polar surface area (TPSA) is 114 Å². The van der Waals surface area contributed by atoms with Crippen LogP contribution in [0.1, 0.15) is 33.1 Å². The van der Waals surface area contributed by atoms with Gasteiger partial charge in [-0.25, -0.2) is 0 Å². The van der Waals surface area contributed by atoms with Gasteiger partial charge in [0.05, 0.1) is 5.41 Å². The van der Waals surface area contributed by atoms with Crippen molar-refractivity contribution < 1.29 is 33.1 Å². The van der Waals surface area contributed by atoms with Gasteiger partial charge in [-0.2, -0.15) is 0 Å². The first-order valence-electron chi connectivity index (χ1n) is 7.64. The second kappa shape index (κ2) is 9.99. The summed E-state index contributed by atoms with van der Waals surface area (Å²) in [5.41, 5.74) is -1.33. The van der Waals surface area contributed by atoms with E-state index in [4.69, 9.17) is 13.3 Å². The Labute approximate surface area is 138 Å². The first-order chi connectivity index (χ1) is 10.8. The van der Waals surface area contributed by atoms with Crippen LogP contribution in [0.4, 0.5) is 0 Å². The monoisotopic (exact) mass is 351 g/mol. The van der Waals surface area contributed by atoms with E-state index in [1.54, 1.807) is 13.8 Å². The Balaban J connectivity index is 4.87. The van der Waals surface area contributed by atoms with Gasteiger partial charge in [-0.05, 0) is 25.8 Å². The van der Waals surface area contributed by atoms with E-state index in [2.05, 4.69) is 5.32 Å². The van der Waals surface area contributed by atoms with Gasteiger partial charge in [-0.15, -0.1) is 0 Å². The molecular weight excluding hydrogens is 322 g/mol. The van der Waals surface area contributed by atoms with E-state index in [1.165, 1.54) is 21.3 Å². The first-order valence-corrected chi connectivity index (χ1v) is 9.57. The van der Waals surface area contributed by atoms with Crippen LogP contribution in [0, 0.1) is 5.41 Å². The molecule has 0 fully saturated rings. The lowest BCUT2D eigenvalue weighted by Gasteiger charge is -2.33. The molecule has 0 rings (SSSR count). The Hall–Kier alpha value is -1.00. The van der Waals surface area contributed by atoms with Crippen LogP contribution in [-0.2, 0) is 22.9 Å². The van der Waals surface area contributed by atoms with Crippen LogP contribution in [-0.4, -0.2) is 64.9 Å². The first kappa shape index (κ1) is 22.0. The van der Waals surface area contributed by atoms with Crippen molar-refractivity contribution in [3.05, 3.63) is 0 Å². The lowest BCUT2D eigenvalue weighted by Crippen LogP contribution is -2.54. The molecule has 0 saturated heterocycles. The summed E-state index contributed by atoms with van der Waals surface area (Å²) >= 11 is 0. The number of hydrogen-bond donors (Lipinski definition) is 3. The zero-order chi connectivity index (χ0) is 18.1. The molecule has 8 nitrogen and oxygen atoms in total. The summed E-state index contributed by atoms with van der Waals surface area (Å²) in [7, 11) is 1.83. The lowest BCUT2D eigenvalue weighted by molar-refractivity contribution is -0.159. The highest BCUT2D eigenvalue weighted by Crippen LogP contribution is 2.31. The minimum absolute atomic E-state index is 0.232. The molecule has 0 radical (unpaired) electrons. The predicted octanol–water partition coefficient (Wildman–Crippen LogP) is 1.19. The summed E-state index contributed by atoms with van der Waals surface area (Å²) in [5, 5.41) is 21.8. The fraction of sp³-hybridized carbons (Fsp3) is 0.857. The molecule has 0 aliphatic heterocycles. The van der Waals surface area contributed by atoms with Crippen LogP contribution in [0.5, 0.6) is 0 Å². The lowest BCUT2D eigenvalue weighted by atomic mass is 9.75. The molecule has 0 aromatic heterocycles. The molecule has 136 valence electrons. The number of aliphatic carboxylic acids is 2. The summed E-state index contributed by atoms with van der Waals surface area (Å²) < 4.78 is 15.9. The Bertz CT molecular complexity index is 375. The standard InChI is InChI=1S/C14H29NO7Si/c1-6-14(7-2,13(18)19)11(12(16)17)15-9-8-10-23(20-3,21-4)22-5/h11,15H,6-10H2,1-5H3,(H,16,17)(H,18,19). The van der Waals surface area contributed by atoms with Gasteiger partial charge in [0.25, 0.3) is 0 Å². The van der Waals surface area contributed by atoms with Crippen LogP contribution in [0.15, 0.2) is 0 Å². The highest BCUT2D eigenvalue weighted by atomic mass is 28.4. The van der Waals surface area contributed by atoms with E-state index in [0.29, 0.717) is 19.0 Å². The van der Waals surface area contributed by atoms with E-state index in [-0.39, 0.29) is 12.8 Å². The largest absolute Gasteiger partial charge is 0.500 e. The van der Waals surface area contributed by atoms with Crippen molar-refractivity contribution in [2.75, 3.05) is 27.9 Å². The SMILES string of the molecule is CCC(CC)(C(=O)O)C(NCCC[Si](OC)(OC)OC)C(=O)O. The minimum Gasteiger partial charge on any atom is -0.481 e. The van der Waals surface area contributed by atoms with Gasteiger partial charge in [-0.1, -0.05) is 13.8 Å². The van der Waals surface area contributed by atoms with Gasteiger partial charge >= 0.3 is 20.7 Å². The Morgan fingerprint density at radius 2 is 1.57 bits per heavy atom. The fourth-order valence-electron chi connectivity index (χ4n) is 2.71. The van der Waals surface area contributed by atoms with Crippen molar-refractivity contribution in [2.45, 2.75) is 45.2 Å². The van der Waals surface area contributed by atoms with E-state index in [9.17, 15) is 19.8 Å². The molecule has 0 spiro atoms. The molecule has 23 heavy (non-hydrogen) atoms. The third-order valence-corrected chi connectivity index (χ3v) is 7.26. The maximum atomic E-state index is 11.6. The second-order valence-electron chi connectivity index (χ2n) is 5.29. The van der Waals surface area contributed by atoms with Crippen molar-refractivity contribution in [3.8, 4) is 0 Å². The predicted molar refractivity (Wildman–Crippen MR) is 86.3 cm³/mol. The van der Waals surface area contributed by atoms with Gasteiger partial charge in [0, 0.05) is 27.4 Å². The highest BCUT2D eigenvalue weighted by molar-refractivity contribution is 6.60. The Kier molecular flexibility index (Phi) is 9.55. The average Bonchev–Trinajstić information content (AvgIpc) is 2.54. The van der Waals surface area contributed by atoms with Crippen LogP contribution in [0.3, 0.4) is 0 Å². The number of rotatable bonds is 13. The second-order valence-corrected chi connectivity index (χ2v) is 8.38. The van der Waals surface area contributed by atoms with E-state index < -0.39 is 32.2 Å². The summed E-state index contributed by atoms with van der Waals surface area (Å²) in [6, 6.07) is -0.646. The third-order valence-electron chi connectivity index (χ3n) is 4.43. The molecule has 0 aliphatic carbocycles. The minimum atomic E-state index is -2.70. The maximum absolute atomic E-state index is 11.6. The molecule has 0 saturated carbocycles. The molecule has 0 bridgehead atoms. The highest BCUT2D eigenvalue weighted by Gasteiger charge is 2.47. The summed E-state index contributed by atoms with van der Waals surface area (Å²) in [6.45, 7) is 3.71. The number of nitrogens with one attached hydrogen (secondary N) is 1. The average molecular weight is 351 g/mol. The summed E-state index contributed by atoms with van der Waals surface area (Å²) in [5.74, 6) is -2.26. The fourth-order valence-corrected chi connectivity index (χ4v) is 4.43. The van der Waals surface area contributed by atoms with Crippen LogP contribution < -0.4 is 5.32 Å². The number of carboxylic acids is 2. The summed E-state index contributed by atoms with van der Waals surface area (Å²) in [4.78, 5) is 23.1. The molecule has 0 amide bonds. The van der Waals surface area contributed by atoms with Crippen molar-refractivity contribution in [1.29, 1.82) is 0 Å². The molecule has 9 heteroatoms. The molecule has 3 N–H and O–H groups in total. The molecule has 1 atom stereocenters. The van der Waals surface area contributed by atoms with E-state index in [1.807, 2.05) is 0 Å². The van der Waals surface area contributed by atoms with Crippen molar-refractivity contribution in [3.63, 3.8) is 0 Å². The number of carbonyl (C=O) groups is 2. The van der Waals surface area contributed by atoms with Crippen LogP contribution in [0.25, 0.3) is 0 Å². The van der Waals surface area contributed by atoms with E-state index in [0.717, 1.165) is 0 Å². The van der Waals surface area contributed by atoms with Crippen molar-refractivity contribution in [1.82, 2.24) is 5.32 Å². The zero-order valence-corrected chi connectivity index (χ0v) is 15.5. The Morgan fingerprint density at radius 1 is 1.09 bits per heavy atom. The zero-order valence-electron chi connectivity index (χ0n) is 14.5. The quantitative estimate of drug-likeness (QED) is 0.335. The Morgan fingerprint density at radius 3 is 1.87 bits per heavy atom. The molecule has 0 aromatic rings. The molecule has 0 heterocycles. The van der Waals surface area contributed by atoms with Crippen molar-refractivity contribution in [2.24, 2.45) is 5.41 Å². The third kappa shape index (κ3) is 5.25. The molecule has 1 unspecified atom stereocenters. The summed E-state index contributed by atoms with van der Waals surface area (Å²) in [6.07, 6.45) is 1.01. The van der Waals surface area contributed by atoms with Gasteiger partial charge in [0.2, 0.25) is 0 Å².